The lowest BCUT2D eigenvalue weighted by Gasteiger charge is -2.47. The first-order valence-electron chi connectivity index (χ1n) is 18.8. The molecule has 0 spiro atoms. The van der Waals surface area contributed by atoms with Crippen LogP contribution >= 0.6 is 0 Å². The first-order valence-corrected chi connectivity index (χ1v) is 18.8. The van der Waals surface area contributed by atoms with Crippen LogP contribution in [0.2, 0.25) is 0 Å². The van der Waals surface area contributed by atoms with Crippen LogP contribution in [0.1, 0.15) is 81.6 Å². The minimum atomic E-state index is -1.51. The van der Waals surface area contributed by atoms with Gasteiger partial charge < -0.3 is 43.5 Å². The summed E-state index contributed by atoms with van der Waals surface area (Å²) in [5.41, 5.74) is -3.13. The largest absolute Gasteiger partial charge is 0.463 e. The van der Waals surface area contributed by atoms with Crippen LogP contribution in [0.3, 0.4) is 0 Å². The van der Waals surface area contributed by atoms with Gasteiger partial charge in [0.05, 0.1) is 17.8 Å². The zero-order valence-electron chi connectivity index (χ0n) is 34.3. The second kappa shape index (κ2) is 17.4. The summed E-state index contributed by atoms with van der Waals surface area (Å²) in [5.74, 6) is -1.81. The van der Waals surface area contributed by atoms with Crippen molar-refractivity contribution in [3.8, 4) is 0 Å². The minimum Gasteiger partial charge on any atom is -0.463 e. The lowest BCUT2D eigenvalue weighted by molar-refractivity contribution is -0.295. The number of hydrogen-bond donors (Lipinski definition) is 1. The van der Waals surface area contributed by atoms with Crippen molar-refractivity contribution in [2.24, 2.45) is 23.2 Å². The summed E-state index contributed by atoms with van der Waals surface area (Å²) in [4.78, 5) is 60.7. The number of aliphatic hydroxyl groups excluding tert-OH is 1. The summed E-state index contributed by atoms with van der Waals surface area (Å²) in [6.07, 6.45) is -2.22. The van der Waals surface area contributed by atoms with Crippen LogP contribution in [0.4, 0.5) is 4.79 Å². The molecule has 0 unspecified atom stereocenters. The number of aliphatic hydroxyl groups is 1. The molecule has 2 amide bonds. The van der Waals surface area contributed by atoms with Gasteiger partial charge in [-0.05, 0) is 88.4 Å². The van der Waals surface area contributed by atoms with Crippen molar-refractivity contribution in [3.05, 3.63) is 0 Å². The van der Waals surface area contributed by atoms with Crippen molar-refractivity contribution in [2.75, 3.05) is 68.1 Å². The van der Waals surface area contributed by atoms with Crippen LogP contribution in [0.5, 0.6) is 0 Å². The van der Waals surface area contributed by atoms with Gasteiger partial charge in [-0.2, -0.15) is 0 Å². The van der Waals surface area contributed by atoms with E-state index >= 15 is 0 Å². The van der Waals surface area contributed by atoms with Gasteiger partial charge in [-0.15, -0.1) is 0 Å². The Kier molecular flexibility index (Phi) is 14.7. The Hall–Kier alpha value is -2.36. The van der Waals surface area contributed by atoms with Gasteiger partial charge >= 0.3 is 12.1 Å². The highest BCUT2D eigenvalue weighted by Gasteiger charge is 2.52. The maximum absolute atomic E-state index is 14.3. The van der Waals surface area contributed by atoms with Crippen LogP contribution in [0.15, 0.2) is 0 Å². The maximum atomic E-state index is 14.3. The lowest BCUT2D eigenvalue weighted by atomic mass is 9.74. The molecule has 0 aromatic rings. The monoisotopic (exact) mass is 740 g/mol. The summed E-state index contributed by atoms with van der Waals surface area (Å²) in [5, 5.41) is 11.4. The number of cyclic esters (lactones) is 1. The number of methoxy groups -OCH3 is 1. The third kappa shape index (κ3) is 10.7. The zero-order chi connectivity index (χ0) is 39.5. The predicted octanol–water partition coefficient (Wildman–Crippen LogP) is 3.03. The number of rotatable bonds is 8. The fourth-order valence-corrected chi connectivity index (χ4v) is 7.87. The second-order valence-electron chi connectivity index (χ2n) is 17.5. The van der Waals surface area contributed by atoms with Crippen molar-refractivity contribution in [1.29, 1.82) is 0 Å². The molecule has 3 aliphatic rings. The van der Waals surface area contributed by atoms with Gasteiger partial charge in [-0.3, -0.25) is 19.3 Å². The lowest BCUT2D eigenvalue weighted by Crippen LogP contribution is -2.60. The molecule has 0 aromatic carbocycles. The predicted molar refractivity (Wildman–Crippen MR) is 195 cm³/mol. The van der Waals surface area contributed by atoms with Gasteiger partial charge in [0.2, 0.25) is 5.91 Å². The molecule has 0 aliphatic carbocycles. The highest BCUT2D eigenvalue weighted by molar-refractivity contribution is 6.04. The van der Waals surface area contributed by atoms with Gasteiger partial charge in [0.15, 0.2) is 12.1 Å². The molecule has 3 fully saturated rings. The van der Waals surface area contributed by atoms with Crippen molar-refractivity contribution < 1.29 is 48.0 Å². The molecule has 0 radical (unpaired) electrons. The molecule has 1 N–H and O–H groups in total. The van der Waals surface area contributed by atoms with Gasteiger partial charge in [0.25, 0.3) is 0 Å². The molecule has 3 heterocycles. The van der Waals surface area contributed by atoms with Gasteiger partial charge in [-0.1, -0.05) is 13.8 Å². The standard InChI is InChI=1S/C38H68N4O10/c1-23-18-38(9,48-14)32(51-33-30(44)27(39(10)11)17-24(2)50-33)25(3)31(45)37(7,8)34(46)49-22-28(41(13)19-23)26-20-42(21-26)29(43)15-16-40(12)35(47)52-36(4,5)6/h23-28,30,32-33,44H,15-22H2,1-14H3/t23-,24-,25+,27+,28+,30-,32-,33+,38-/m1/s1. The van der Waals surface area contributed by atoms with Crippen LogP contribution in [-0.4, -0.2) is 164 Å². The van der Waals surface area contributed by atoms with Gasteiger partial charge in [0.1, 0.15) is 23.7 Å². The summed E-state index contributed by atoms with van der Waals surface area (Å²) < 4.78 is 30.3. The van der Waals surface area contributed by atoms with Crippen molar-refractivity contribution in [2.45, 2.75) is 129 Å². The number of Topliss-reactive ketones (excluding diaryl/α,β-unsaturated/α-hetero) is 1. The smallest absolute Gasteiger partial charge is 0.410 e. The number of likely N-dealkylation sites (N-methyl/N-ethyl adjacent to an activating group) is 2. The molecule has 3 rings (SSSR count). The molecule has 52 heavy (non-hydrogen) atoms. The number of likely N-dealkylation sites (tertiary alicyclic amines) is 1. The van der Waals surface area contributed by atoms with E-state index in [4.69, 9.17) is 23.7 Å². The number of carbonyl (C=O) groups excluding carboxylic acids is 4. The summed E-state index contributed by atoms with van der Waals surface area (Å²) in [7, 11) is 9.00. The quantitative estimate of drug-likeness (QED) is 0.288. The molecule has 300 valence electrons. The molecule has 9 atom stereocenters. The average Bonchev–Trinajstić information content (AvgIpc) is 3.01. The van der Waals surface area contributed by atoms with Crippen LogP contribution in [0.25, 0.3) is 0 Å². The van der Waals surface area contributed by atoms with Gasteiger partial charge in [-0.25, -0.2) is 4.79 Å². The fourth-order valence-electron chi connectivity index (χ4n) is 7.87. The van der Waals surface area contributed by atoms with E-state index in [1.54, 1.807) is 60.6 Å². The first-order chi connectivity index (χ1) is 23.9. The Balaban J connectivity index is 1.81. The van der Waals surface area contributed by atoms with E-state index in [1.807, 2.05) is 39.9 Å². The molecule has 0 aromatic heterocycles. The normalized spacial score (nSPS) is 34.4. The Labute approximate surface area is 311 Å². The van der Waals surface area contributed by atoms with Crippen LogP contribution in [-0.2, 0) is 38.1 Å². The zero-order valence-corrected chi connectivity index (χ0v) is 34.3. The van der Waals surface area contributed by atoms with Crippen LogP contribution < -0.4 is 0 Å². The average molecular weight is 741 g/mol. The number of ether oxygens (including phenoxy) is 5. The number of esters is 1. The summed E-state index contributed by atoms with van der Waals surface area (Å²) in [6.45, 7) is 18.1. The number of amides is 2. The number of carbonyl (C=O) groups is 4. The highest BCUT2D eigenvalue weighted by atomic mass is 16.7. The molecule has 3 saturated heterocycles. The topological polar surface area (TPSA) is 148 Å². The van der Waals surface area contributed by atoms with E-state index in [2.05, 4.69) is 11.8 Å². The number of ketones is 1. The van der Waals surface area contributed by atoms with Crippen LogP contribution in [0, 0.1) is 23.2 Å². The first kappa shape index (κ1) is 44.0. The number of hydrogen-bond acceptors (Lipinski definition) is 12. The van der Waals surface area contributed by atoms with E-state index in [0.717, 1.165) is 0 Å². The van der Waals surface area contributed by atoms with E-state index < -0.39 is 53.1 Å². The highest BCUT2D eigenvalue weighted by Crippen LogP contribution is 2.38. The van der Waals surface area contributed by atoms with E-state index in [9.17, 15) is 24.3 Å². The molecular weight excluding hydrogens is 672 g/mol. The Morgan fingerprint density at radius 1 is 1.04 bits per heavy atom. The maximum Gasteiger partial charge on any atom is 0.410 e. The molecular formula is C38H68N4O10. The summed E-state index contributed by atoms with van der Waals surface area (Å²) >= 11 is 0. The Morgan fingerprint density at radius 2 is 1.65 bits per heavy atom. The van der Waals surface area contributed by atoms with E-state index in [1.165, 1.54) is 4.90 Å². The van der Waals surface area contributed by atoms with Crippen molar-refractivity contribution in [1.82, 2.24) is 19.6 Å². The Morgan fingerprint density at radius 3 is 2.21 bits per heavy atom. The van der Waals surface area contributed by atoms with Crippen molar-refractivity contribution >= 4 is 23.8 Å². The molecule has 14 heteroatoms. The number of nitrogens with zero attached hydrogens (tertiary/aromatic N) is 4. The SMILES string of the molecule is CO[C@]1(C)C[C@@H](C)CN(C)[C@H](C2CN(C(=O)CCN(C)C(=O)OC(C)(C)C)C2)COC(=O)C(C)(C)C(=O)[C@H](C)[C@H]1O[C@@H]1O[C@H](C)C[C@H](N(C)C)[C@H]1O. The summed E-state index contributed by atoms with van der Waals surface area (Å²) in [6, 6.07) is -0.421. The fraction of sp³-hybridized carbons (Fsp3) is 0.895. The van der Waals surface area contributed by atoms with E-state index in [-0.39, 0.29) is 61.3 Å². The minimum absolute atomic E-state index is 0.0295. The molecule has 0 bridgehead atoms. The van der Waals surface area contributed by atoms with Gasteiger partial charge in [0, 0.05) is 70.7 Å². The van der Waals surface area contributed by atoms with Crippen molar-refractivity contribution in [3.63, 3.8) is 0 Å². The third-order valence-corrected chi connectivity index (χ3v) is 11.1. The molecule has 0 saturated carbocycles. The third-order valence-electron chi connectivity index (χ3n) is 11.1. The second-order valence-corrected chi connectivity index (χ2v) is 17.5. The van der Waals surface area contributed by atoms with E-state index in [0.29, 0.717) is 32.5 Å². The Bertz CT molecular complexity index is 1250. The molecule has 14 nitrogen and oxygen atoms in total. The molecule has 3 aliphatic heterocycles.